The molecule has 0 fully saturated rings. The molecule has 19 aromatic carbocycles. The third kappa shape index (κ3) is 9.70. The van der Waals surface area contributed by atoms with Crippen LogP contribution in [0.3, 0.4) is 0 Å². The normalized spacial score (nSPS) is 13.4. The molecule has 0 spiro atoms. The SMILES string of the molecule is c1ccc(N2c3cccc4c3B3c5c2cccc5N(c2ccccc2)c2cc(-c5ccc(-c6c7c8ccccc8n(-c8ccccc8)c7c(-c7ccc(-c8cc9c%10c(c8)N(c8ccccc8)c8cccc%11c8B%10c8c(cccc8N9c8ccccc8)N%11c8ccccc8)cc7)c7c8ccccc8n(-c8ccccc8)c67)cc5)cc(c23)N4c2ccccc2)cc1. The van der Waals surface area contributed by atoms with Gasteiger partial charge in [-0.25, -0.2) is 0 Å². The molecule has 21 aromatic rings. The van der Waals surface area contributed by atoms with Crippen molar-refractivity contribution in [1.82, 2.24) is 9.13 Å². The Kier molecular flexibility index (Phi) is 14.7. The summed E-state index contributed by atoms with van der Waals surface area (Å²) in [6.07, 6.45) is 0. The van der Waals surface area contributed by atoms with Crippen LogP contribution in [0.25, 0.3) is 99.5 Å². The van der Waals surface area contributed by atoms with E-state index in [0.717, 1.165) is 112 Å². The minimum absolute atomic E-state index is 0.0511. The Morgan fingerprint density at radius 1 is 0.153 bits per heavy atom. The molecular formula is C114H72B2N8. The molecule has 0 saturated carbocycles. The van der Waals surface area contributed by atoms with Gasteiger partial charge in [-0.3, -0.25) is 0 Å². The topological polar surface area (TPSA) is 29.3 Å². The highest BCUT2D eigenvalue weighted by molar-refractivity contribution is 7.03. The summed E-state index contributed by atoms with van der Waals surface area (Å²) in [5.41, 5.74) is 44.5. The molecule has 574 valence electrons. The van der Waals surface area contributed by atoms with Gasteiger partial charge in [-0.1, -0.05) is 255 Å². The summed E-state index contributed by atoms with van der Waals surface area (Å²) < 4.78 is 5.12. The molecule has 8 nitrogen and oxygen atoms in total. The standard InChI is InChI=1S/C114H72B2N8/c1-9-33-79(34-10-1)117-91-53-29-57-95-107(91)115-108-92(117)54-30-58-96(108)120(82-39-15-4-16-40-82)100-70-77(69-99(111(100)115)119(95)81-37-13-3-14-38-81)73-61-65-75(66-62-73)103-105-87-49-25-27-51-89(87)124(86-47-23-8-24-48-86)114(105)104(106-88-50-26-28-52-90(88)123(113(103)106)85-45-21-7-22-46-85)76-67-63-74(64-68-76)78-71-101-112-102(72-78)122(84-43-19-6-20-44-84)98-60-32-56-94-110(98)116(112)109-93(118(94)80-35-11-2-12-36-80)55-31-59-97(109)121(101)83-41-17-5-18-42-83/h1-72H. The van der Waals surface area contributed by atoms with Gasteiger partial charge in [0.15, 0.2) is 0 Å². The van der Waals surface area contributed by atoms with Crippen LogP contribution in [-0.2, 0) is 0 Å². The fourth-order valence-electron chi connectivity index (χ4n) is 22.2. The summed E-state index contributed by atoms with van der Waals surface area (Å²) in [5, 5.41) is 4.70. The Morgan fingerprint density at radius 3 is 0.605 bits per heavy atom. The number of hydrogen-bond donors (Lipinski definition) is 0. The molecule has 0 unspecified atom stereocenters. The van der Waals surface area contributed by atoms with Crippen LogP contribution >= 0.6 is 0 Å². The summed E-state index contributed by atoms with van der Waals surface area (Å²) in [5.74, 6) is 0. The highest BCUT2D eigenvalue weighted by atomic mass is 15.2. The molecule has 6 aliphatic rings. The molecule has 2 aromatic heterocycles. The zero-order chi connectivity index (χ0) is 80.9. The predicted octanol–water partition coefficient (Wildman–Crippen LogP) is 26.3. The average Bonchev–Trinajstić information content (AvgIpc) is 0.895. The fraction of sp³-hybridized carbons (Fsp3) is 0. The van der Waals surface area contributed by atoms with Crippen LogP contribution in [0.2, 0.25) is 0 Å². The lowest BCUT2D eigenvalue weighted by Gasteiger charge is -2.49. The van der Waals surface area contributed by atoms with Crippen molar-refractivity contribution in [3.05, 3.63) is 437 Å². The Bertz CT molecular complexity index is 7270. The van der Waals surface area contributed by atoms with Crippen LogP contribution in [0, 0.1) is 0 Å². The first-order chi connectivity index (χ1) is 61.6. The lowest BCUT2D eigenvalue weighted by Crippen LogP contribution is -2.64. The van der Waals surface area contributed by atoms with Gasteiger partial charge < -0.3 is 38.5 Å². The lowest BCUT2D eigenvalue weighted by atomic mass is 9.31. The van der Waals surface area contributed by atoms with Crippen molar-refractivity contribution in [1.29, 1.82) is 0 Å². The smallest absolute Gasteiger partial charge is 0.257 e. The zero-order valence-electron chi connectivity index (χ0n) is 67.3. The summed E-state index contributed by atoms with van der Waals surface area (Å²) >= 11 is 0. The maximum Gasteiger partial charge on any atom is 0.257 e. The molecule has 0 bridgehead atoms. The fourth-order valence-corrected chi connectivity index (χ4v) is 22.2. The van der Waals surface area contributed by atoms with Crippen molar-refractivity contribution in [2.45, 2.75) is 0 Å². The van der Waals surface area contributed by atoms with E-state index in [1.54, 1.807) is 0 Å². The van der Waals surface area contributed by atoms with Crippen molar-refractivity contribution < 1.29 is 0 Å². The van der Waals surface area contributed by atoms with Crippen LogP contribution in [0.5, 0.6) is 0 Å². The van der Waals surface area contributed by atoms with Crippen molar-refractivity contribution in [2.24, 2.45) is 0 Å². The van der Waals surface area contributed by atoms with Gasteiger partial charge in [0.1, 0.15) is 0 Å². The van der Waals surface area contributed by atoms with Crippen molar-refractivity contribution in [3.8, 4) is 55.9 Å². The summed E-state index contributed by atoms with van der Waals surface area (Å²) in [7, 11) is 0. The van der Waals surface area contributed by atoms with E-state index in [9.17, 15) is 0 Å². The first-order valence-corrected chi connectivity index (χ1v) is 43.0. The van der Waals surface area contributed by atoms with Crippen molar-refractivity contribution in [2.75, 3.05) is 29.4 Å². The Hall–Kier alpha value is -16.3. The van der Waals surface area contributed by atoms with Gasteiger partial charge in [0.25, 0.3) is 13.4 Å². The Morgan fingerprint density at radius 2 is 0.355 bits per heavy atom. The molecule has 0 atom stereocenters. The number of nitrogens with zero attached hydrogens (tertiary/aromatic N) is 8. The van der Waals surface area contributed by atoms with Gasteiger partial charge >= 0.3 is 0 Å². The Labute approximate surface area is 718 Å². The summed E-state index contributed by atoms with van der Waals surface area (Å²) in [6, 6.07) is 163. The third-order valence-electron chi connectivity index (χ3n) is 27.0. The molecule has 6 aliphatic heterocycles. The summed E-state index contributed by atoms with van der Waals surface area (Å²) in [4.78, 5) is 15.2. The van der Waals surface area contributed by atoms with Gasteiger partial charge in [-0.05, 0) is 248 Å². The van der Waals surface area contributed by atoms with Crippen LogP contribution in [0.4, 0.5) is 102 Å². The van der Waals surface area contributed by atoms with Crippen LogP contribution in [0.1, 0.15) is 0 Å². The molecule has 124 heavy (non-hydrogen) atoms. The van der Waals surface area contributed by atoms with Gasteiger partial charge in [-0.2, -0.15) is 0 Å². The molecule has 0 saturated heterocycles. The zero-order valence-corrected chi connectivity index (χ0v) is 67.3. The maximum atomic E-state index is 2.56. The number of hydrogen-bond acceptors (Lipinski definition) is 6. The van der Waals surface area contributed by atoms with E-state index in [4.69, 9.17) is 0 Å². The highest BCUT2D eigenvalue weighted by Crippen LogP contribution is 2.57. The average molecular weight is 1580 g/mol. The molecule has 8 heterocycles. The molecule has 10 heteroatoms. The minimum Gasteiger partial charge on any atom is -0.311 e. The largest absolute Gasteiger partial charge is 0.311 e. The van der Waals surface area contributed by atoms with Crippen LogP contribution in [0.15, 0.2) is 437 Å². The van der Waals surface area contributed by atoms with E-state index < -0.39 is 0 Å². The maximum absolute atomic E-state index is 2.56. The van der Waals surface area contributed by atoms with E-state index >= 15 is 0 Å². The third-order valence-corrected chi connectivity index (χ3v) is 27.0. The van der Waals surface area contributed by atoms with E-state index in [2.05, 4.69) is 475 Å². The van der Waals surface area contributed by atoms with E-state index in [0.29, 0.717) is 0 Å². The monoisotopic (exact) mass is 1570 g/mol. The second kappa shape index (κ2) is 26.6. The molecule has 0 N–H and O–H groups in total. The van der Waals surface area contributed by atoms with Crippen molar-refractivity contribution in [3.63, 3.8) is 0 Å². The van der Waals surface area contributed by atoms with Crippen LogP contribution < -0.4 is 62.2 Å². The predicted molar refractivity (Wildman–Crippen MR) is 521 cm³/mol. The van der Waals surface area contributed by atoms with Crippen molar-refractivity contribution >= 4 is 192 Å². The van der Waals surface area contributed by atoms with Crippen LogP contribution in [-0.4, -0.2) is 22.6 Å². The minimum atomic E-state index is -0.0511. The summed E-state index contributed by atoms with van der Waals surface area (Å²) in [6.45, 7) is -0.102. The first-order valence-electron chi connectivity index (χ1n) is 43.0. The number of fused-ring (bicyclic) bond motifs is 6. The quantitative estimate of drug-likeness (QED) is 0.113. The van der Waals surface area contributed by atoms with E-state index in [1.165, 1.54) is 123 Å². The number of benzene rings is 19. The first kappa shape index (κ1) is 68.6. The molecule has 0 radical (unpaired) electrons. The molecule has 0 amide bonds. The highest BCUT2D eigenvalue weighted by Gasteiger charge is 2.52. The van der Waals surface area contributed by atoms with Gasteiger partial charge in [0.05, 0.1) is 22.1 Å². The Balaban J connectivity index is 0.683. The van der Waals surface area contributed by atoms with E-state index in [-0.39, 0.29) is 13.4 Å². The number of aromatic nitrogens is 2. The van der Waals surface area contributed by atoms with E-state index in [1.807, 2.05) is 0 Å². The second-order valence-electron chi connectivity index (χ2n) is 33.3. The molecule has 0 aliphatic carbocycles. The van der Waals surface area contributed by atoms with Gasteiger partial charge in [0, 0.05) is 146 Å². The van der Waals surface area contributed by atoms with Gasteiger partial charge in [-0.15, -0.1) is 0 Å². The number of anilines is 18. The second-order valence-corrected chi connectivity index (χ2v) is 33.3. The molecular weight excluding hydrogens is 1500 g/mol. The number of rotatable bonds is 12. The van der Waals surface area contributed by atoms with Gasteiger partial charge in [0.2, 0.25) is 0 Å². The molecule has 27 rings (SSSR count). The number of para-hydroxylation sites is 10. The lowest BCUT2D eigenvalue weighted by molar-refractivity contribution is 1.18.